The molecule has 2 aliphatic heterocycles. The molecule has 9 nitrogen and oxygen atoms in total. The molecule has 0 aliphatic carbocycles. The van der Waals surface area contributed by atoms with Crippen LogP contribution in [0.15, 0.2) is 33.9 Å². The first kappa shape index (κ1) is 15.8. The lowest BCUT2D eigenvalue weighted by molar-refractivity contribution is -0.124. The van der Waals surface area contributed by atoms with E-state index < -0.39 is 6.10 Å². The van der Waals surface area contributed by atoms with Gasteiger partial charge in [-0.1, -0.05) is 23.9 Å². The van der Waals surface area contributed by atoms with Crippen molar-refractivity contribution in [3.63, 3.8) is 0 Å². The van der Waals surface area contributed by atoms with Gasteiger partial charge in [0.15, 0.2) is 11.5 Å². The Labute approximate surface area is 146 Å². The van der Waals surface area contributed by atoms with Crippen molar-refractivity contribution in [2.45, 2.75) is 11.3 Å². The molecule has 10 heteroatoms. The van der Waals surface area contributed by atoms with Gasteiger partial charge in [-0.3, -0.25) is 9.69 Å². The lowest BCUT2D eigenvalue weighted by Crippen LogP contribution is -2.35. The van der Waals surface area contributed by atoms with E-state index in [0.29, 0.717) is 24.6 Å². The van der Waals surface area contributed by atoms with E-state index in [9.17, 15) is 9.59 Å². The van der Waals surface area contributed by atoms with E-state index in [0.717, 1.165) is 11.8 Å². The normalized spacial score (nSPS) is 19.0. The van der Waals surface area contributed by atoms with Crippen LogP contribution in [0.3, 0.4) is 0 Å². The third-order valence-electron chi connectivity index (χ3n) is 3.68. The number of para-hydroxylation sites is 2. The minimum Gasteiger partial charge on any atom is -0.485 e. The Balaban J connectivity index is 1.36. The number of nitrogens with zero attached hydrogens (tertiary/aromatic N) is 3. The van der Waals surface area contributed by atoms with Gasteiger partial charge in [0, 0.05) is 13.1 Å². The highest BCUT2D eigenvalue weighted by atomic mass is 32.2. The summed E-state index contributed by atoms with van der Waals surface area (Å²) >= 11 is 1.08. The number of carbonyl (C=O) groups excluding carboxylic acids is 2. The highest BCUT2D eigenvalue weighted by molar-refractivity contribution is 7.99. The Morgan fingerprint density at radius 1 is 1.32 bits per heavy atom. The molecule has 4 rings (SSSR count). The number of ether oxygens (including phenoxy) is 2. The van der Waals surface area contributed by atoms with Crippen LogP contribution in [0, 0.1) is 0 Å². The van der Waals surface area contributed by atoms with Crippen molar-refractivity contribution in [3.8, 4) is 11.5 Å². The summed E-state index contributed by atoms with van der Waals surface area (Å²) in [6, 6.07) is 6.96. The third-order valence-corrected chi connectivity index (χ3v) is 4.49. The molecule has 3 heterocycles. The fourth-order valence-corrected chi connectivity index (χ4v) is 3.11. The summed E-state index contributed by atoms with van der Waals surface area (Å²) in [5, 5.41) is 10.7. The van der Waals surface area contributed by atoms with Gasteiger partial charge in [-0.2, -0.15) is 0 Å². The van der Waals surface area contributed by atoms with E-state index in [4.69, 9.17) is 13.9 Å². The van der Waals surface area contributed by atoms with Crippen molar-refractivity contribution in [1.82, 2.24) is 20.4 Å². The topological polar surface area (TPSA) is 107 Å². The molecule has 2 aromatic rings. The molecule has 1 unspecified atom stereocenters. The van der Waals surface area contributed by atoms with Crippen LogP contribution in [0.25, 0.3) is 0 Å². The maximum Gasteiger partial charge on any atom is 0.324 e. The number of imide groups is 1. The summed E-state index contributed by atoms with van der Waals surface area (Å²) < 4.78 is 16.9. The molecule has 0 bridgehead atoms. The summed E-state index contributed by atoms with van der Waals surface area (Å²) in [4.78, 5) is 24.6. The second-order valence-corrected chi connectivity index (χ2v) is 6.26. The third kappa shape index (κ3) is 3.25. The van der Waals surface area contributed by atoms with Crippen LogP contribution in [0.4, 0.5) is 4.79 Å². The molecular weight excluding hydrogens is 348 g/mol. The highest BCUT2D eigenvalue weighted by Gasteiger charge is 2.29. The number of hydrogen-bond donors (Lipinski definition) is 1. The van der Waals surface area contributed by atoms with E-state index in [1.54, 1.807) is 6.07 Å². The lowest BCUT2D eigenvalue weighted by atomic mass is 10.2. The number of thioether (sulfide) groups is 1. The number of fused-ring (bicyclic) bond motifs is 1. The van der Waals surface area contributed by atoms with E-state index >= 15 is 0 Å². The molecule has 2 aliphatic rings. The van der Waals surface area contributed by atoms with Crippen LogP contribution in [0.5, 0.6) is 11.5 Å². The van der Waals surface area contributed by atoms with Crippen molar-refractivity contribution in [3.05, 3.63) is 30.2 Å². The standard InChI is InChI=1S/C15H14N4O5S/c20-12(19-6-5-16-14(19)21)8-25-15-18-17-13(24-15)11-7-22-9-3-1-2-4-10(9)23-11/h1-4,11H,5-8H2,(H,16,21). The fraction of sp³-hybridized carbons (Fsp3) is 0.333. The number of urea groups is 1. The average Bonchev–Trinajstić information content (AvgIpc) is 3.28. The molecule has 0 saturated carbocycles. The predicted octanol–water partition coefficient (Wildman–Crippen LogP) is 1.23. The molecule has 3 amide bonds. The molecule has 1 aromatic carbocycles. The van der Waals surface area contributed by atoms with Crippen LogP contribution in [0.1, 0.15) is 12.0 Å². The van der Waals surface area contributed by atoms with Gasteiger partial charge in [-0.15, -0.1) is 10.2 Å². The molecule has 1 fully saturated rings. The molecule has 1 saturated heterocycles. The van der Waals surface area contributed by atoms with Crippen molar-refractivity contribution in [1.29, 1.82) is 0 Å². The predicted molar refractivity (Wildman–Crippen MR) is 85.4 cm³/mol. The fourth-order valence-electron chi connectivity index (χ4n) is 2.46. The zero-order valence-electron chi connectivity index (χ0n) is 13.0. The minimum atomic E-state index is -0.503. The van der Waals surface area contributed by atoms with Gasteiger partial charge in [-0.05, 0) is 12.1 Å². The highest BCUT2D eigenvalue weighted by Crippen LogP contribution is 2.35. The monoisotopic (exact) mass is 362 g/mol. The second-order valence-electron chi connectivity index (χ2n) is 5.34. The molecular formula is C15H14N4O5S. The molecule has 0 radical (unpaired) electrons. The number of hydrogen-bond acceptors (Lipinski definition) is 8. The summed E-state index contributed by atoms with van der Waals surface area (Å²) in [5.74, 6) is 1.30. The molecule has 1 atom stereocenters. The van der Waals surface area contributed by atoms with Crippen molar-refractivity contribution in [2.75, 3.05) is 25.4 Å². The van der Waals surface area contributed by atoms with E-state index in [1.165, 1.54) is 4.90 Å². The van der Waals surface area contributed by atoms with E-state index in [1.807, 2.05) is 18.2 Å². The Morgan fingerprint density at radius 3 is 2.96 bits per heavy atom. The van der Waals surface area contributed by atoms with Gasteiger partial charge < -0.3 is 19.2 Å². The lowest BCUT2D eigenvalue weighted by Gasteiger charge is -2.23. The Hall–Kier alpha value is -2.75. The maximum absolute atomic E-state index is 12.0. The number of benzene rings is 1. The van der Waals surface area contributed by atoms with Crippen molar-refractivity contribution in [2.24, 2.45) is 0 Å². The molecule has 1 aromatic heterocycles. The minimum absolute atomic E-state index is 0.0416. The smallest absolute Gasteiger partial charge is 0.324 e. The average molecular weight is 362 g/mol. The molecule has 1 N–H and O–H groups in total. The number of rotatable bonds is 4. The van der Waals surface area contributed by atoms with Gasteiger partial charge in [0.05, 0.1) is 5.75 Å². The van der Waals surface area contributed by atoms with Gasteiger partial charge in [-0.25, -0.2) is 4.79 Å². The van der Waals surface area contributed by atoms with Gasteiger partial charge in [0.1, 0.15) is 6.61 Å². The second kappa shape index (κ2) is 6.63. The summed E-state index contributed by atoms with van der Waals surface area (Å²) in [7, 11) is 0. The zero-order chi connectivity index (χ0) is 17.2. The Kier molecular flexibility index (Phi) is 4.18. The number of carbonyl (C=O) groups is 2. The summed E-state index contributed by atoms with van der Waals surface area (Å²) in [5.41, 5.74) is 0. The first-order valence-corrected chi connectivity index (χ1v) is 8.62. The number of nitrogens with one attached hydrogen (secondary N) is 1. The van der Waals surface area contributed by atoms with Crippen LogP contribution in [-0.2, 0) is 4.79 Å². The quantitative estimate of drug-likeness (QED) is 0.809. The van der Waals surface area contributed by atoms with Crippen molar-refractivity contribution < 1.29 is 23.5 Å². The van der Waals surface area contributed by atoms with Gasteiger partial charge in [0.2, 0.25) is 12.0 Å². The van der Waals surface area contributed by atoms with Crippen LogP contribution >= 0.6 is 11.8 Å². The molecule has 25 heavy (non-hydrogen) atoms. The Morgan fingerprint density at radius 2 is 2.16 bits per heavy atom. The van der Waals surface area contributed by atoms with E-state index in [2.05, 4.69) is 15.5 Å². The van der Waals surface area contributed by atoms with Gasteiger partial charge >= 0.3 is 6.03 Å². The maximum atomic E-state index is 12.0. The molecule has 130 valence electrons. The van der Waals surface area contributed by atoms with E-state index in [-0.39, 0.29) is 35.4 Å². The Bertz CT molecular complexity index is 811. The summed E-state index contributed by atoms with van der Waals surface area (Å²) in [6.07, 6.45) is -0.503. The summed E-state index contributed by atoms with van der Waals surface area (Å²) in [6.45, 7) is 1.11. The van der Waals surface area contributed by atoms with Crippen LogP contribution in [0.2, 0.25) is 0 Å². The van der Waals surface area contributed by atoms with Crippen molar-refractivity contribution >= 4 is 23.7 Å². The molecule has 0 spiro atoms. The largest absolute Gasteiger partial charge is 0.485 e. The van der Waals surface area contributed by atoms with Crippen LogP contribution < -0.4 is 14.8 Å². The van der Waals surface area contributed by atoms with Crippen LogP contribution in [-0.4, -0.2) is 52.5 Å². The first-order valence-electron chi connectivity index (χ1n) is 7.63. The SMILES string of the molecule is O=C(CSc1nnc(C2COc3ccccc3O2)o1)N1CCNC1=O. The number of amides is 3. The number of aromatic nitrogens is 2. The first-order chi connectivity index (χ1) is 12.2. The van der Waals surface area contributed by atoms with Gasteiger partial charge in [0.25, 0.3) is 11.1 Å². The zero-order valence-corrected chi connectivity index (χ0v) is 13.8.